The number of aliphatic hydroxyl groups excluding tert-OH is 1. The van der Waals surface area contributed by atoms with Crippen molar-refractivity contribution in [3.05, 3.63) is 72.3 Å². The van der Waals surface area contributed by atoms with Gasteiger partial charge in [0.2, 0.25) is 0 Å². The highest BCUT2D eigenvalue weighted by atomic mass is 32.2. The summed E-state index contributed by atoms with van der Waals surface area (Å²) in [5.74, 6) is 0.806. The van der Waals surface area contributed by atoms with Gasteiger partial charge in [-0.1, -0.05) is 19.3 Å². The summed E-state index contributed by atoms with van der Waals surface area (Å²) in [6, 6.07) is 19.3. The predicted octanol–water partition coefficient (Wildman–Crippen LogP) is 7.55. The molecule has 0 spiro atoms. The van der Waals surface area contributed by atoms with Crippen LogP contribution in [0.1, 0.15) is 37.7 Å². The number of benzene rings is 3. The fourth-order valence-electron chi connectivity index (χ4n) is 3.34. The predicted molar refractivity (Wildman–Crippen MR) is 141 cm³/mol. The summed E-state index contributed by atoms with van der Waals surface area (Å²) in [6.07, 6.45) is 6.32. The van der Waals surface area contributed by atoms with Gasteiger partial charge in [-0.3, -0.25) is 0 Å². The second-order valence-corrected chi connectivity index (χ2v) is 10.5. The molecular weight excluding hydrogens is 476 g/mol. The summed E-state index contributed by atoms with van der Waals surface area (Å²) >= 11 is 0. The number of aryl methyl sites for hydroxylation is 1. The topological polar surface area (TPSA) is 113 Å². The molecule has 0 atom stereocenters. The Hall–Kier alpha value is -3.43. The first-order chi connectivity index (χ1) is 17.3. The number of aliphatic hydroxyl groups is 1. The third kappa shape index (κ3) is 8.98. The Balaban J connectivity index is 1.51. The molecule has 0 bridgehead atoms. The second-order valence-electron chi connectivity index (χ2n) is 8.47. The van der Waals surface area contributed by atoms with Crippen molar-refractivity contribution >= 4 is 32.6 Å². The molecule has 0 aliphatic heterocycles. The molecule has 36 heavy (non-hydrogen) atoms. The SMILES string of the molecule is Cc1cc(N=Nc2ccc(OCCCCCCCO)cc2)ccc1N=Nc1ccc(S(C)(=O)=O)cc1. The van der Waals surface area contributed by atoms with E-state index < -0.39 is 9.84 Å². The molecule has 9 heteroatoms. The van der Waals surface area contributed by atoms with E-state index in [1.807, 2.05) is 49.4 Å². The number of rotatable bonds is 13. The van der Waals surface area contributed by atoms with Crippen LogP contribution in [-0.4, -0.2) is 33.0 Å². The van der Waals surface area contributed by atoms with E-state index in [-0.39, 0.29) is 11.5 Å². The minimum atomic E-state index is -3.24. The van der Waals surface area contributed by atoms with Gasteiger partial charge in [-0.25, -0.2) is 8.42 Å². The molecule has 0 aliphatic carbocycles. The lowest BCUT2D eigenvalue weighted by atomic mass is 10.1. The number of nitrogens with zero attached hydrogens (tertiary/aromatic N) is 4. The van der Waals surface area contributed by atoms with E-state index in [0.29, 0.717) is 23.7 Å². The normalized spacial score (nSPS) is 12.0. The Morgan fingerprint density at radius 1 is 0.722 bits per heavy atom. The Morgan fingerprint density at radius 2 is 1.28 bits per heavy atom. The average Bonchev–Trinajstić information content (AvgIpc) is 2.87. The molecule has 0 heterocycles. The van der Waals surface area contributed by atoms with Crippen molar-refractivity contribution in [2.45, 2.75) is 43.9 Å². The molecule has 0 aliphatic rings. The lowest BCUT2D eigenvalue weighted by molar-refractivity contribution is 0.278. The first kappa shape index (κ1) is 27.2. The molecule has 3 aromatic carbocycles. The van der Waals surface area contributed by atoms with Crippen LogP contribution in [0.15, 0.2) is 92.1 Å². The molecule has 3 rings (SSSR count). The van der Waals surface area contributed by atoms with Gasteiger partial charge in [0.25, 0.3) is 0 Å². The van der Waals surface area contributed by atoms with Gasteiger partial charge in [-0.15, -0.1) is 0 Å². The maximum Gasteiger partial charge on any atom is 0.175 e. The minimum absolute atomic E-state index is 0.246. The average molecular weight is 509 g/mol. The van der Waals surface area contributed by atoms with E-state index in [2.05, 4.69) is 20.5 Å². The summed E-state index contributed by atoms with van der Waals surface area (Å²) in [5.41, 5.74) is 3.57. The molecule has 0 saturated carbocycles. The third-order valence-electron chi connectivity index (χ3n) is 5.41. The summed E-state index contributed by atoms with van der Waals surface area (Å²) in [4.78, 5) is 0.246. The number of hydrogen-bond donors (Lipinski definition) is 1. The zero-order valence-corrected chi connectivity index (χ0v) is 21.5. The highest BCUT2D eigenvalue weighted by Gasteiger charge is 2.06. The number of hydrogen-bond acceptors (Lipinski definition) is 8. The minimum Gasteiger partial charge on any atom is -0.494 e. The van der Waals surface area contributed by atoms with Crippen molar-refractivity contribution in [2.24, 2.45) is 20.5 Å². The summed E-state index contributed by atoms with van der Waals surface area (Å²) < 4.78 is 28.9. The molecule has 8 nitrogen and oxygen atoms in total. The fourth-order valence-corrected chi connectivity index (χ4v) is 3.97. The van der Waals surface area contributed by atoms with Crippen LogP contribution in [0.5, 0.6) is 5.75 Å². The number of ether oxygens (including phenoxy) is 1. The highest BCUT2D eigenvalue weighted by Crippen LogP contribution is 2.28. The molecule has 0 amide bonds. The maximum atomic E-state index is 11.6. The van der Waals surface area contributed by atoms with E-state index >= 15 is 0 Å². The van der Waals surface area contributed by atoms with E-state index in [1.54, 1.807) is 12.1 Å². The van der Waals surface area contributed by atoms with Crippen LogP contribution in [0, 0.1) is 6.92 Å². The van der Waals surface area contributed by atoms with Gasteiger partial charge < -0.3 is 9.84 Å². The summed E-state index contributed by atoms with van der Waals surface area (Å²) in [5, 5.41) is 25.8. The van der Waals surface area contributed by atoms with Crippen molar-refractivity contribution in [3.63, 3.8) is 0 Å². The van der Waals surface area contributed by atoms with Gasteiger partial charge in [-0.2, -0.15) is 20.5 Å². The summed E-state index contributed by atoms with van der Waals surface area (Å²) in [7, 11) is -3.24. The van der Waals surface area contributed by atoms with Crippen molar-refractivity contribution < 1.29 is 18.3 Å². The van der Waals surface area contributed by atoms with E-state index in [1.165, 1.54) is 18.4 Å². The molecule has 0 radical (unpaired) electrons. The van der Waals surface area contributed by atoms with E-state index in [0.717, 1.165) is 49.1 Å². The van der Waals surface area contributed by atoms with Crippen molar-refractivity contribution in [2.75, 3.05) is 19.5 Å². The van der Waals surface area contributed by atoms with Crippen LogP contribution in [0.25, 0.3) is 0 Å². The standard InChI is InChI=1S/C27H32N4O4S/c1-21-20-24(12-17-27(21)31-29-23-10-15-26(16-11-23)36(2,33)34)30-28-22-8-13-25(14-9-22)35-19-7-5-3-4-6-18-32/h8-17,20,32H,3-7,18-19H2,1-2H3. The molecule has 0 unspecified atom stereocenters. The quantitative estimate of drug-likeness (QED) is 0.190. The Kier molecular flexibility index (Phi) is 10.3. The van der Waals surface area contributed by atoms with Gasteiger partial charge >= 0.3 is 0 Å². The highest BCUT2D eigenvalue weighted by molar-refractivity contribution is 7.90. The number of sulfone groups is 1. The number of unbranched alkanes of at least 4 members (excludes halogenated alkanes) is 4. The second kappa shape index (κ2) is 13.6. The zero-order chi connectivity index (χ0) is 25.8. The molecule has 0 aromatic heterocycles. The van der Waals surface area contributed by atoms with Crippen molar-refractivity contribution in [3.8, 4) is 5.75 Å². The van der Waals surface area contributed by atoms with E-state index in [4.69, 9.17) is 9.84 Å². The third-order valence-corrected chi connectivity index (χ3v) is 6.54. The molecule has 190 valence electrons. The van der Waals surface area contributed by atoms with Crippen LogP contribution in [-0.2, 0) is 9.84 Å². The Labute approximate surface area is 212 Å². The van der Waals surface area contributed by atoms with E-state index in [9.17, 15) is 8.42 Å². The lowest BCUT2D eigenvalue weighted by Gasteiger charge is -2.06. The largest absolute Gasteiger partial charge is 0.494 e. The molecule has 1 N–H and O–H groups in total. The summed E-state index contributed by atoms with van der Waals surface area (Å²) in [6.45, 7) is 2.86. The monoisotopic (exact) mass is 508 g/mol. The van der Waals surface area contributed by atoms with Crippen LogP contribution >= 0.6 is 0 Å². The van der Waals surface area contributed by atoms with Gasteiger partial charge in [0.1, 0.15) is 5.75 Å². The van der Waals surface area contributed by atoms with Crippen LogP contribution in [0.3, 0.4) is 0 Å². The van der Waals surface area contributed by atoms with Gasteiger partial charge in [0, 0.05) is 12.9 Å². The Bertz CT molecular complexity index is 1270. The number of azo groups is 2. The first-order valence-electron chi connectivity index (χ1n) is 11.9. The van der Waals surface area contributed by atoms with Crippen molar-refractivity contribution in [1.29, 1.82) is 0 Å². The smallest absolute Gasteiger partial charge is 0.175 e. The zero-order valence-electron chi connectivity index (χ0n) is 20.7. The first-order valence-corrected chi connectivity index (χ1v) is 13.8. The van der Waals surface area contributed by atoms with Gasteiger partial charge in [0.05, 0.1) is 34.3 Å². The lowest BCUT2D eigenvalue weighted by Crippen LogP contribution is -1.97. The van der Waals surface area contributed by atoms with Gasteiger partial charge in [-0.05, 0) is 92.1 Å². The van der Waals surface area contributed by atoms with Crippen molar-refractivity contribution in [1.82, 2.24) is 0 Å². The Morgan fingerprint density at radius 3 is 1.92 bits per heavy atom. The van der Waals surface area contributed by atoms with Crippen LogP contribution in [0.4, 0.5) is 22.7 Å². The molecular formula is C27H32N4O4S. The van der Waals surface area contributed by atoms with Crippen LogP contribution in [0.2, 0.25) is 0 Å². The fraction of sp³-hybridized carbons (Fsp3) is 0.333. The molecule has 3 aromatic rings. The maximum absolute atomic E-state index is 11.6. The molecule has 0 fully saturated rings. The van der Waals surface area contributed by atoms with Gasteiger partial charge in [0.15, 0.2) is 9.84 Å². The molecule has 0 saturated heterocycles. The van der Waals surface area contributed by atoms with Crippen LogP contribution < -0.4 is 4.74 Å².